The Morgan fingerprint density at radius 1 is 1.45 bits per heavy atom. The topological polar surface area (TPSA) is 120 Å². The van der Waals surface area contributed by atoms with Crippen LogP contribution in [0.1, 0.15) is 10.5 Å². The van der Waals surface area contributed by atoms with Crippen LogP contribution in [-0.2, 0) is 0 Å². The maximum atomic E-state index is 11.7. The van der Waals surface area contributed by atoms with Gasteiger partial charge in [-0.2, -0.15) is 5.10 Å². The zero-order valence-electron chi connectivity index (χ0n) is 10.8. The second-order valence-electron chi connectivity index (χ2n) is 4.21. The molecule has 0 bridgehead atoms. The van der Waals surface area contributed by atoms with Crippen LogP contribution in [0.15, 0.2) is 24.4 Å². The molecule has 20 heavy (non-hydrogen) atoms. The van der Waals surface area contributed by atoms with Crippen LogP contribution < -0.4 is 5.73 Å². The summed E-state index contributed by atoms with van der Waals surface area (Å²) >= 11 is 0. The first-order valence-electron chi connectivity index (χ1n) is 5.58. The number of nitro groups is 1. The molecule has 2 heterocycles. The van der Waals surface area contributed by atoms with E-state index in [1.807, 2.05) is 0 Å². The number of amides is 1. The SMILES string of the molecule is CN(C)C(=O)c1ccn(-c2cc([N+](=O)[O-])cc(N)n2)n1. The molecule has 0 aliphatic rings. The Morgan fingerprint density at radius 2 is 2.15 bits per heavy atom. The van der Waals surface area contributed by atoms with Crippen molar-refractivity contribution < 1.29 is 9.72 Å². The number of pyridine rings is 1. The van der Waals surface area contributed by atoms with E-state index in [0.29, 0.717) is 0 Å². The third kappa shape index (κ3) is 2.55. The molecule has 2 N–H and O–H groups in total. The van der Waals surface area contributed by atoms with E-state index in [2.05, 4.69) is 10.1 Å². The molecule has 2 aromatic rings. The minimum atomic E-state index is -0.572. The highest BCUT2D eigenvalue weighted by atomic mass is 16.6. The van der Waals surface area contributed by atoms with E-state index in [1.165, 1.54) is 27.9 Å². The molecule has 0 atom stereocenters. The largest absolute Gasteiger partial charge is 0.383 e. The highest BCUT2D eigenvalue weighted by molar-refractivity contribution is 5.91. The lowest BCUT2D eigenvalue weighted by atomic mass is 10.4. The number of nitrogen functional groups attached to an aromatic ring is 1. The zero-order chi connectivity index (χ0) is 14.9. The predicted octanol–water partition coefficient (Wildman–Crippen LogP) is 0.459. The summed E-state index contributed by atoms with van der Waals surface area (Å²) in [5, 5.41) is 14.8. The predicted molar refractivity (Wildman–Crippen MR) is 70.4 cm³/mol. The summed E-state index contributed by atoms with van der Waals surface area (Å²) in [6, 6.07) is 3.88. The Kier molecular flexibility index (Phi) is 3.34. The molecular formula is C11H12N6O3. The number of carbonyl (C=O) groups excluding carboxylic acids is 1. The number of anilines is 1. The lowest BCUT2D eigenvalue weighted by molar-refractivity contribution is -0.384. The van der Waals surface area contributed by atoms with Crippen LogP contribution in [0.2, 0.25) is 0 Å². The van der Waals surface area contributed by atoms with Gasteiger partial charge in [-0.25, -0.2) is 9.67 Å². The number of nitrogens with two attached hydrogens (primary N) is 1. The first kappa shape index (κ1) is 13.5. The quantitative estimate of drug-likeness (QED) is 0.642. The van der Waals surface area contributed by atoms with Gasteiger partial charge in [0.1, 0.15) is 5.82 Å². The summed E-state index contributed by atoms with van der Waals surface area (Å²) in [6.07, 6.45) is 1.49. The Bertz CT molecular complexity index is 679. The van der Waals surface area contributed by atoms with Gasteiger partial charge in [0.15, 0.2) is 11.5 Å². The molecule has 0 saturated heterocycles. The summed E-state index contributed by atoms with van der Waals surface area (Å²) in [7, 11) is 3.20. The van der Waals surface area contributed by atoms with Crippen LogP contribution >= 0.6 is 0 Å². The molecule has 2 rings (SSSR count). The monoisotopic (exact) mass is 276 g/mol. The zero-order valence-corrected chi connectivity index (χ0v) is 10.8. The number of rotatable bonds is 3. The smallest absolute Gasteiger partial charge is 0.276 e. The van der Waals surface area contributed by atoms with Crippen LogP contribution in [0.5, 0.6) is 0 Å². The van der Waals surface area contributed by atoms with Crippen molar-refractivity contribution in [2.45, 2.75) is 0 Å². The van der Waals surface area contributed by atoms with E-state index in [4.69, 9.17) is 5.73 Å². The number of hydrogen-bond acceptors (Lipinski definition) is 6. The van der Waals surface area contributed by atoms with Crippen molar-refractivity contribution in [3.8, 4) is 5.82 Å². The first-order valence-corrected chi connectivity index (χ1v) is 5.58. The van der Waals surface area contributed by atoms with Gasteiger partial charge in [-0.15, -0.1) is 0 Å². The van der Waals surface area contributed by atoms with Crippen molar-refractivity contribution in [2.75, 3.05) is 19.8 Å². The number of carbonyl (C=O) groups is 1. The fraction of sp³-hybridized carbons (Fsp3) is 0.182. The number of nitrogens with zero attached hydrogens (tertiary/aromatic N) is 5. The molecule has 0 saturated carbocycles. The first-order chi connectivity index (χ1) is 9.38. The van der Waals surface area contributed by atoms with Crippen LogP contribution in [0, 0.1) is 10.1 Å². The molecule has 0 fully saturated rings. The van der Waals surface area contributed by atoms with E-state index >= 15 is 0 Å². The van der Waals surface area contributed by atoms with Gasteiger partial charge >= 0.3 is 0 Å². The van der Waals surface area contributed by atoms with Crippen molar-refractivity contribution in [2.24, 2.45) is 0 Å². The van der Waals surface area contributed by atoms with E-state index in [9.17, 15) is 14.9 Å². The number of hydrogen-bond donors (Lipinski definition) is 1. The molecule has 0 spiro atoms. The van der Waals surface area contributed by atoms with Gasteiger partial charge in [0.05, 0.1) is 17.1 Å². The Labute approximate surface area is 113 Å². The summed E-state index contributed by atoms with van der Waals surface area (Å²) < 4.78 is 1.26. The summed E-state index contributed by atoms with van der Waals surface area (Å²) in [4.78, 5) is 27.3. The molecule has 0 aliphatic heterocycles. The second kappa shape index (κ2) is 4.96. The van der Waals surface area contributed by atoms with E-state index in [-0.39, 0.29) is 28.9 Å². The molecule has 104 valence electrons. The minimum absolute atomic E-state index is 0.00480. The van der Waals surface area contributed by atoms with Gasteiger partial charge < -0.3 is 10.6 Å². The molecule has 0 aromatic carbocycles. The van der Waals surface area contributed by atoms with Crippen LogP contribution in [-0.4, -0.2) is 44.6 Å². The van der Waals surface area contributed by atoms with Crippen LogP contribution in [0.3, 0.4) is 0 Å². The highest BCUT2D eigenvalue weighted by Crippen LogP contribution is 2.18. The van der Waals surface area contributed by atoms with Gasteiger partial charge in [-0.3, -0.25) is 14.9 Å². The average molecular weight is 276 g/mol. The standard InChI is InChI=1S/C11H12N6O3/c1-15(2)11(18)8-3-4-16(14-8)10-6-7(17(19)20)5-9(12)13-10/h3-6H,1-2H3,(H2,12,13). The van der Waals surface area contributed by atoms with E-state index < -0.39 is 4.92 Å². The molecule has 1 amide bonds. The molecule has 9 nitrogen and oxygen atoms in total. The molecule has 0 unspecified atom stereocenters. The Morgan fingerprint density at radius 3 is 2.75 bits per heavy atom. The van der Waals surface area contributed by atoms with Gasteiger partial charge in [0.25, 0.3) is 11.6 Å². The maximum absolute atomic E-state index is 11.7. The van der Waals surface area contributed by atoms with Crippen molar-refractivity contribution in [3.05, 3.63) is 40.2 Å². The molecule has 0 radical (unpaired) electrons. The summed E-state index contributed by atoms with van der Waals surface area (Å²) in [5.41, 5.74) is 5.54. The Hall–Kier alpha value is -2.97. The van der Waals surface area contributed by atoms with Crippen LogP contribution in [0.4, 0.5) is 11.5 Å². The van der Waals surface area contributed by atoms with Gasteiger partial charge in [-0.05, 0) is 6.07 Å². The highest BCUT2D eigenvalue weighted by Gasteiger charge is 2.15. The molecule has 2 aromatic heterocycles. The van der Waals surface area contributed by atoms with Crippen molar-refractivity contribution in [3.63, 3.8) is 0 Å². The van der Waals surface area contributed by atoms with E-state index in [0.717, 1.165) is 6.07 Å². The molecular weight excluding hydrogens is 264 g/mol. The minimum Gasteiger partial charge on any atom is -0.383 e. The van der Waals surface area contributed by atoms with Gasteiger partial charge in [0, 0.05) is 20.3 Å². The molecule has 9 heteroatoms. The fourth-order valence-corrected chi connectivity index (χ4v) is 1.54. The van der Waals surface area contributed by atoms with Crippen molar-refractivity contribution in [1.82, 2.24) is 19.7 Å². The van der Waals surface area contributed by atoms with Crippen molar-refractivity contribution in [1.29, 1.82) is 0 Å². The van der Waals surface area contributed by atoms with E-state index in [1.54, 1.807) is 14.1 Å². The lowest BCUT2D eigenvalue weighted by Crippen LogP contribution is -2.22. The third-order valence-corrected chi connectivity index (χ3v) is 2.48. The lowest BCUT2D eigenvalue weighted by Gasteiger charge is -2.07. The normalized spacial score (nSPS) is 10.3. The van der Waals surface area contributed by atoms with Gasteiger partial charge in [-0.1, -0.05) is 0 Å². The summed E-state index contributed by atoms with van der Waals surface area (Å²) in [6.45, 7) is 0. The van der Waals surface area contributed by atoms with Crippen LogP contribution in [0.25, 0.3) is 5.82 Å². The third-order valence-electron chi connectivity index (χ3n) is 2.48. The van der Waals surface area contributed by atoms with Gasteiger partial charge in [0.2, 0.25) is 0 Å². The summed E-state index contributed by atoms with van der Waals surface area (Å²) in [5.74, 6) is -0.0955. The Balaban J connectivity index is 2.42. The van der Waals surface area contributed by atoms with Crippen molar-refractivity contribution >= 4 is 17.4 Å². The fourth-order valence-electron chi connectivity index (χ4n) is 1.54. The molecule has 0 aliphatic carbocycles. The number of aromatic nitrogens is 3. The maximum Gasteiger partial charge on any atom is 0.276 e. The second-order valence-corrected chi connectivity index (χ2v) is 4.21. The average Bonchev–Trinajstić information content (AvgIpc) is 2.86.